The molecule has 2 nitrogen and oxygen atoms in total. The maximum Gasteiger partial charge on any atom is 0.114 e. The predicted octanol–water partition coefficient (Wildman–Crippen LogP) is 3.89. The van der Waals surface area contributed by atoms with Gasteiger partial charge in [-0.25, -0.2) is 4.98 Å². The van der Waals surface area contributed by atoms with Crippen molar-refractivity contribution in [1.82, 2.24) is 10.3 Å². The molecule has 1 aromatic heterocycles. The average molecular weight is 278 g/mol. The van der Waals surface area contributed by atoms with E-state index in [1.807, 2.05) is 11.3 Å². The number of nitrogens with one attached hydrogen (secondary N) is 1. The second-order valence-corrected chi connectivity index (χ2v) is 7.69. The minimum absolute atomic E-state index is 0.139. The van der Waals surface area contributed by atoms with Gasteiger partial charge in [0.2, 0.25) is 0 Å². The van der Waals surface area contributed by atoms with Gasteiger partial charge in [0.05, 0.1) is 11.2 Å². The van der Waals surface area contributed by atoms with Crippen molar-refractivity contribution in [2.75, 3.05) is 7.05 Å². The molecule has 0 aliphatic heterocycles. The monoisotopic (exact) mass is 278 g/mol. The van der Waals surface area contributed by atoms with Gasteiger partial charge in [-0.05, 0) is 57.4 Å². The Morgan fingerprint density at radius 1 is 1.21 bits per heavy atom. The molecule has 1 aromatic rings. The highest BCUT2D eigenvalue weighted by Crippen LogP contribution is 2.46. The molecule has 3 atom stereocenters. The molecule has 0 radical (unpaired) electrons. The molecule has 1 N–H and O–H groups in total. The number of hydrogen-bond donors (Lipinski definition) is 1. The van der Waals surface area contributed by atoms with Gasteiger partial charge in [0.15, 0.2) is 0 Å². The van der Waals surface area contributed by atoms with Crippen LogP contribution < -0.4 is 5.32 Å². The number of rotatable bonds is 2. The first-order chi connectivity index (χ1) is 9.15. The minimum Gasteiger partial charge on any atom is -0.308 e. The van der Waals surface area contributed by atoms with Crippen molar-refractivity contribution in [1.29, 1.82) is 0 Å². The second-order valence-electron chi connectivity index (χ2n) is 6.61. The number of hydrogen-bond acceptors (Lipinski definition) is 3. The summed E-state index contributed by atoms with van der Waals surface area (Å²) in [5, 5.41) is 5.05. The number of nitrogens with zero attached hydrogens (tertiary/aromatic N) is 1. The second kappa shape index (κ2) is 5.17. The summed E-state index contributed by atoms with van der Waals surface area (Å²) in [7, 11) is 2.13. The lowest BCUT2D eigenvalue weighted by atomic mass is 9.70. The molecule has 3 unspecified atom stereocenters. The van der Waals surface area contributed by atoms with Gasteiger partial charge in [-0.1, -0.05) is 20.3 Å². The van der Waals surface area contributed by atoms with Crippen LogP contribution in [0.15, 0.2) is 0 Å². The average Bonchev–Trinajstić information content (AvgIpc) is 2.85. The van der Waals surface area contributed by atoms with Crippen molar-refractivity contribution in [3.8, 4) is 0 Å². The quantitative estimate of drug-likeness (QED) is 0.887. The molecule has 0 aromatic carbocycles. The van der Waals surface area contributed by atoms with Gasteiger partial charge >= 0.3 is 0 Å². The summed E-state index contributed by atoms with van der Waals surface area (Å²) in [6.07, 6.45) is 9.09. The minimum atomic E-state index is 0.139. The van der Waals surface area contributed by atoms with Crippen molar-refractivity contribution < 1.29 is 0 Å². The maximum atomic E-state index is 5.06. The first-order valence-corrected chi connectivity index (χ1v) is 8.65. The van der Waals surface area contributed by atoms with Crippen LogP contribution >= 0.6 is 11.3 Å². The fourth-order valence-electron chi connectivity index (χ4n) is 3.93. The van der Waals surface area contributed by atoms with E-state index >= 15 is 0 Å². The molecule has 19 heavy (non-hydrogen) atoms. The molecule has 106 valence electrons. The fourth-order valence-corrected chi connectivity index (χ4v) is 5.40. The zero-order valence-electron chi connectivity index (χ0n) is 12.5. The third-order valence-electron chi connectivity index (χ3n) is 5.28. The smallest absolute Gasteiger partial charge is 0.114 e. The number of fused-ring (bicyclic) bond motifs is 1. The summed E-state index contributed by atoms with van der Waals surface area (Å²) in [6, 6.07) is 0. The third-order valence-corrected chi connectivity index (χ3v) is 6.61. The fraction of sp³-hybridized carbons (Fsp3) is 0.812. The molecule has 0 spiro atoms. The lowest BCUT2D eigenvalue weighted by Crippen LogP contribution is -2.49. The van der Waals surface area contributed by atoms with Gasteiger partial charge in [0.1, 0.15) is 5.01 Å². The molecule has 1 saturated carbocycles. The van der Waals surface area contributed by atoms with E-state index in [1.54, 1.807) is 4.88 Å². The van der Waals surface area contributed by atoms with Gasteiger partial charge in [-0.2, -0.15) is 0 Å². The summed E-state index contributed by atoms with van der Waals surface area (Å²) in [5.74, 6) is 1.51. The Bertz CT molecular complexity index is 430. The van der Waals surface area contributed by atoms with Crippen molar-refractivity contribution in [3.63, 3.8) is 0 Å². The van der Waals surface area contributed by atoms with E-state index in [1.165, 1.54) is 55.6 Å². The van der Waals surface area contributed by atoms with Gasteiger partial charge in [0, 0.05) is 4.88 Å². The van der Waals surface area contributed by atoms with Crippen molar-refractivity contribution in [2.24, 2.45) is 11.8 Å². The maximum absolute atomic E-state index is 5.06. The van der Waals surface area contributed by atoms with Crippen LogP contribution in [-0.4, -0.2) is 12.0 Å². The SMILES string of the molecule is CNC1(c2nc3c(s2)CCCC3)CC(C)CCC1C. The lowest BCUT2D eigenvalue weighted by molar-refractivity contribution is 0.127. The van der Waals surface area contributed by atoms with Crippen molar-refractivity contribution in [3.05, 3.63) is 15.6 Å². The Hall–Kier alpha value is -0.410. The molecular formula is C16H26N2S. The first kappa shape index (κ1) is 13.6. The van der Waals surface area contributed by atoms with Crippen molar-refractivity contribution in [2.45, 2.75) is 64.3 Å². The third kappa shape index (κ3) is 2.25. The molecule has 2 aliphatic carbocycles. The number of aromatic nitrogens is 1. The topological polar surface area (TPSA) is 24.9 Å². The van der Waals surface area contributed by atoms with Gasteiger partial charge in [-0.15, -0.1) is 11.3 Å². The standard InChI is InChI=1S/C16H26N2S/c1-11-8-9-12(2)16(10-11,17-3)15-18-13-6-4-5-7-14(13)19-15/h11-12,17H,4-10H2,1-3H3. The molecule has 3 heteroatoms. The van der Waals surface area contributed by atoms with Crippen LogP contribution in [0.1, 0.15) is 61.5 Å². The number of thiazole rings is 1. The predicted molar refractivity (Wildman–Crippen MR) is 81.7 cm³/mol. The molecule has 0 saturated heterocycles. The van der Waals surface area contributed by atoms with Crippen LogP contribution in [0.2, 0.25) is 0 Å². The van der Waals surface area contributed by atoms with Gasteiger partial charge in [0.25, 0.3) is 0 Å². The van der Waals surface area contributed by atoms with Crippen LogP contribution in [0.4, 0.5) is 0 Å². The van der Waals surface area contributed by atoms with Crippen LogP contribution in [0.5, 0.6) is 0 Å². The molecule has 1 heterocycles. The van der Waals surface area contributed by atoms with Gasteiger partial charge < -0.3 is 5.32 Å². The summed E-state index contributed by atoms with van der Waals surface area (Å²) < 4.78 is 0. The molecule has 2 aliphatic rings. The van der Waals surface area contributed by atoms with Crippen LogP contribution in [0.25, 0.3) is 0 Å². The highest BCUT2D eigenvalue weighted by Gasteiger charge is 2.43. The summed E-state index contributed by atoms with van der Waals surface area (Å²) in [6.45, 7) is 4.80. The van der Waals surface area contributed by atoms with Crippen LogP contribution in [-0.2, 0) is 18.4 Å². The highest BCUT2D eigenvalue weighted by molar-refractivity contribution is 7.11. The molecule has 3 rings (SSSR count). The first-order valence-electron chi connectivity index (χ1n) is 7.83. The van der Waals surface area contributed by atoms with E-state index in [0.29, 0.717) is 5.92 Å². The molecule has 0 bridgehead atoms. The summed E-state index contributed by atoms with van der Waals surface area (Å²) in [5.41, 5.74) is 1.55. The summed E-state index contributed by atoms with van der Waals surface area (Å²) >= 11 is 2.00. The molecule has 0 amide bonds. The van der Waals surface area contributed by atoms with Crippen molar-refractivity contribution >= 4 is 11.3 Å². The lowest BCUT2D eigenvalue weighted by Gasteiger charge is -2.43. The Kier molecular flexibility index (Phi) is 3.69. The zero-order chi connectivity index (χ0) is 13.5. The van der Waals surface area contributed by atoms with E-state index in [9.17, 15) is 0 Å². The Morgan fingerprint density at radius 3 is 2.74 bits per heavy atom. The summed E-state index contributed by atoms with van der Waals surface area (Å²) in [4.78, 5) is 6.63. The Morgan fingerprint density at radius 2 is 2.00 bits per heavy atom. The number of aryl methyl sites for hydroxylation is 2. The van der Waals surface area contributed by atoms with E-state index in [-0.39, 0.29) is 5.54 Å². The normalized spacial score (nSPS) is 35.1. The van der Waals surface area contributed by atoms with E-state index in [4.69, 9.17) is 4.98 Å². The highest BCUT2D eigenvalue weighted by atomic mass is 32.1. The van der Waals surface area contributed by atoms with Crippen LogP contribution in [0, 0.1) is 11.8 Å². The Labute approximate surface area is 121 Å². The van der Waals surface area contributed by atoms with E-state index < -0.39 is 0 Å². The van der Waals surface area contributed by atoms with E-state index in [2.05, 4.69) is 26.2 Å². The largest absolute Gasteiger partial charge is 0.308 e. The van der Waals surface area contributed by atoms with Crippen LogP contribution in [0.3, 0.4) is 0 Å². The van der Waals surface area contributed by atoms with E-state index in [0.717, 1.165) is 5.92 Å². The zero-order valence-corrected chi connectivity index (χ0v) is 13.3. The Balaban J connectivity index is 1.98. The molecule has 1 fully saturated rings. The molecular weight excluding hydrogens is 252 g/mol. The van der Waals surface area contributed by atoms with Gasteiger partial charge in [-0.3, -0.25) is 0 Å².